The van der Waals surface area contributed by atoms with Crippen molar-refractivity contribution in [1.29, 1.82) is 0 Å². The second kappa shape index (κ2) is 4.19. The van der Waals surface area contributed by atoms with E-state index >= 15 is 0 Å². The van der Waals surface area contributed by atoms with E-state index in [0.29, 0.717) is 19.4 Å². The normalized spacial score (nSPS) is 26.5. The molecule has 1 aliphatic heterocycles. The molecule has 3 heteroatoms. The van der Waals surface area contributed by atoms with Crippen LogP contribution in [0.25, 0.3) is 0 Å². The quantitative estimate of drug-likeness (QED) is 0.812. The van der Waals surface area contributed by atoms with Crippen LogP contribution in [0.15, 0.2) is 24.3 Å². The Morgan fingerprint density at radius 1 is 1.33 bits per heavy atom. The molecule has 1 aliphatic rings. The van der Waals surface area contributed by atoms with Crippen LogP contribution in [-0.4, -0.2) is 24.0 Å². The lowest BCUT2D eigenvalue weighted by Crippen LogP contribution is -2.36. The van der Waals surface area contributed by atoms with Crippen molar-refractivity contribution in [2.24, 2.45) is 0 Å². The van der Waals surface area contributed by atoms with E-state index in [4.69, 9.17) is 9.84 Å². The number of hydrogen-bond donors (Lipinski definition) is 1. The van der Waals surface area contributed by atoms with Gasteiger partial charge in [0.1, 0.15) is 11.4 Å². The van der Waals surface area contributed by atoms with Gasteiger partial charge in [0, 0.05) is 13.0 Å². The van der Waals surface area contributed by atoms with E-state index in [1.165, 1.54) is 0 Å². The molecule has 0 aromatic heterocycles. The van der Waals surface area contributed by atoms with Crippen molar-refractivity contribution in [2.75, 3.05) is 13.2 Å². The third-order valence-electron chi connectivity index (χ3n) is 2.73. The topological polar surface area (TPSA) is 29.5 Å². The molecule has 1 saturated heterocycles. The van der Waals surface area contributed by atoms with Gasteiger partial charge < -0.3 is 9.84 Å². The largest absolute Gasteiger partial charge is 0.508 e. The Kier molecular flexibility index (Phi) is 2.91. The highest BCUT2D eigenvalue weighted by Crippen LogP contribution is 2.28. The van der Waals surface area contributed by atoms with Gasteiger partial charge >= 0.3 is 0 Å². The third kappa shape index (κ3) is 2.69. The van der Waals surface area contributed by atoms with Crippen LogP contribution in [0, 0.1) is 0 Å². The molecule has 1 N–H and O–H groups in total. The molecule has 15 heavy (non-hydrogen) atoms. The molecule has 0 amide bonds. The average Bonchev–Trinajstić information content (AvgIpc) is 2.22. The Bertz CT molecular complexity index is 315. The predicted molar refractivity (Wildman–Crippen MR) is 55.7 cm³/mol. The number of rotatable bonds is 2. The fourth-order valence-corrected chi connectivity index (χ4v) is 1.94. The highest BCUT2D eigenvalue weighted by molar-refractivity contribution is 5.27. The molecule has 0 spiro atoms. The summed E-state index contributed by atoms with van der Waals surface area (Å²) in [7, 11) is 0. The molecule has 1 atom stereocenters. The van der Waals surface area contributed by atoms with Crippen LogP contribution in [0.5, 0.6) is 5.75 Å². The smallest absolute Gasteiger partial charge is 0.138 e. The molecule has 1 heterocycles. The minimum atomic E-state index is -1.23. The average molecular weight is 210 g/mol. The van der Waals surface area contributed by atoms with E-state index in [-0.39, 0.29) is 12.4 Å². The molecule has 1 unspecified atom stereocenters. The van der Waals surface area contributed by atoms with E-state index in [1.54, 1.807) is 24.3 Å². The molecular weight excluding hydrogens is 195 g/mol. The van der Waals surface area contributed by atoms with Crippen LogP contribution >= 0.6 is 0 Å². The van der Waals surface area contributed by atoms with Crippen molar-refractivity contribution in [3.8, 4) is 5.75 Å². The van der Waals surface area contributed by atoms with Gasteiger partial charge in [-0.25, -0.2) is 4.39 Å². The Labute approximate surface area is 88.7 Å². The van der Waals surface area contributed by atoms with Gasteiger partial charge in [0.05, 0.1) is 6.61 Å². The van der Waals surface area contributed by atoms with Crippen molar-refractivity contribution in [3.05, 3.63) is 29.8 Å². The zero-order valence-corrected chi connectivity index (χ0v) is 8.58. The summed E-state index contributed by atoms with van der Waals surface area (Å²) in [5.41, 5.74) is -0.323. The lowest BCUT2D eigenvalue weighted by Gasteiger charge is -2.29. The Hall–Kier alpha value is -1.09. The molecule has 1 aromatic rings. The van der Waals surface area contributed by atoms with Crippen molar-refractivity contribution < 1.29 is 14.2 Å². The van der Waals surface area contributed by atoms with Crippen LogP contribution < -0.4 is 0 Å². The zero-order valence-electron chi connectivity index (χ0n) is 8.58. The number of phenols is 1. The molecule has 0 radical (unpaired) electrons. The Balaban J connectivity index is 2.03. The van der Waals surface area contributed by atoms with Gasteiger partial charge in [0.25, 0.3) is 0 Å². The monoisotopic (exact) mass is 210 g/mol. The first-order chi connectivity index (χ1) is 7.18. The van der Waals surface area contributed by atoms with Gasteiger partial charge in [-0.2, -0.15) is 0 Å². The molecule has 2 rings (SSSR count). The Morgan fingerprint density at radius 3 is 2.67 bits per heavy atom. The van der Waals surface area contributed by atoms with Crippen LogP contribution in [0.2, 0.25) is 0 Å². The summed E-state index contributed by atoms with van der Waals surface area (Å²) in [6.45, 7) is 0.856. The number of benzene rings is 1. The maximum atomic E-state index is 14.2. The van der Waals surface area contributed by atoms with Crippen molar-refractivity contribution in [2.45, 2.75) is 24.9 Å². The van der Waals surface area contributed by atoms with Crippen molar-refractivity contribution >= 4 is 0 Å². The van der Waals surface area contributed by atoms with Gasteiger partial charge in [0.2, 0.25) is 0 Å². The number of halogens is 1. The summed E-state index contributed by atoms with van der Waals surface area (Å²) in [6.07, 6.45) is 1.72. The van der Waals surface area contributed by atoms with E-state index in [2.05, 4.69) is 0 Å². The number of hydrogen-bond acceptors (Lipinski definition) is 2. The SMILES string of the molecule is Oc1ccc(CC2(F)CCCOC2)cc1. The highest BCUT2D eigenvalue weighted by atomic mass is 19.1. The fraction of sp³-hybridized carbons (Fsp3) is 0.500. The lowest BCUT2D eigenvalue weighted by molar-refractivity contribution is -0.0308. The maximum Gasteiger partial charge on any atom is 0.138 e. The van der Waals surface area contributed by atoms with Crippen LogP contribution in [-0.2, 0) is 11.2 Å². The molecule has 1 fully saturated rings. The second-order valence-electron chi connectivity index (χ2n) is 4.15. The minimum Gasteiger partial charge on any atom is -0.508 e. The van der Waals surface area contributed by atoms with Gasteiger partial charge in [-0.1, -0.05) is 12.1 Å². The minimum absolute atomic E-state index is 0.188. The maximum absolute atomic E-state index is 14.2. The molecule has 0 aliphatic carbocycles. The molecular formula is C12H15FO2. The molecule has 2 nitrogen and oxygen atoms in total. The summed E-state index contributed by atoms with van der Waals surface area (Å²) in [5, 5.41) is 9.11. The summed E-state index contributed by atoms with van der Waals surface area (Å²) < 4.78 is 19.3. The fourth-order valence-electron chi connectivity index (χ4n) is 1.94. The summed E-state index contributed by atoms with van der Waals surface area (Å²) in [4.78, 5) is 0. The molecule has 0 bridgehead atoms. The van der Waals surface area contributed by atoms with Crippen LogP contribution in [0.4, 0.5) is 4.39 Å². The van der Waals surface area contributed by atoms with Gasteiger partial charge in [-0.15, -0.1) is 0 Å². The van der Waals surface area contributed by atoms with Crippen LogP contribution in [0.3, 0.4) is 0 Å². The van der Waals surface area contributed by atoms with Gasteiger partial charge in [-0.05, 0) is 30.5 Å². The Morgan fingerprint density at radius 2 is 2.07 bits per heavy atom. The third-order valence-corrected chi connectivity index (χ3v) is 2.73. The highest BCUT2D eigenvalue weighted by Gasteiger charge is 2.32. The van der Waals surface area contributed by atoms with Crippen molar-refractivity contribution in [1.82, 2.24) is 0 Å². The summed E-state index contributed by atoms with van der Waals surface area (Å²) in [5.74, 6) is 0.214. The predicted octanol–water partition coefficient (Wildman–Crippen LogP) is 2.45. The zero-order chi connectivity index (χ0) is 10.7. The number of phenolic OH excluding ortho intramolecular Hbond substituents is 1. The number of alkyl halides is 1. The first-order valence-corrected chi connectivity index (χ1v) is 5.23. The number of aromatic hydroxyl groups is 1. The molecule has 1 aromatic carbocycles. The van der Waals surface area contributed by atoms with E-state index in [0.717, 1.165) is 12.0 Å². The molecule has 0 saturated carbocycles. The van der Waals surface area contributed by atoms with E-state index in [1.807, 2.05) is 0 Å². The van der Waals surface area contributed by atoms with Crippen LogP contribution in [0.1, 0.15) is 18.4 Å². The first-order valence-electron chi connectivity index (χ1n) is 5.23. The van der Waals surface area contributed by atoms with Crippen molar-refractivity contribution in [3.63, 3.8) is 0 Å². The summed E-state index contributed by atoms with van der Waals surface area (Å²) in [6, 6.07) is 6.68. The summed E-state index contributed by atoms with van der Waals surface area (Å²) >= 11 is 0. The standard InChI is InChI=1S/C12H15FO2/c13-12(6-1-7-15-9-12)8-10-2-4-11(14)5-3-10/h2-5,14H,1,6-9H2. The lowest BCUT2D eigenvalue weighted by atomic mass is 9.91. The molecule has 82 valence electrons. The van der Waals surface area contributed by atoms with Gasteiger partial charge in [-0.3, -0.25) is 0 Å². The second-order valence-corrected chi connectivity index (χ2v) is 4.15. The van der Waals surface area contributed by atoms with E-state index < -0.39 is 5.67 Å². The van der Waals surface area contributed by atoms with Gasteiger partial charge in [0.15, 0.2) is 0 Å². The first kappa shape index (κ1) is 10.4. The van der Waals surface area contributed by atoms with E-state index in [9.17, 15) is 4.39 Å². The number of ether oxygens (including phenoxy) is 1.